The Morgan fingerprint density at radius 1 is 1.21 bits per heavy atom. The molecule has 3 nitrogen and oxygen atoms in total. The van der Waals surface area contributed by atoms with E-state index in [2.05, 4.69) is 31.8 Å². The number of anilines is 1. The van der Waals surface area contributed by atoms with Crippen LogP contribution >= 0.6 is 15.9 Å². The highest BCUT2D eigenvalue weighted by molar-refractivity contribution is 9.10. The zero-order chi connectivity index (χ0) is 13.2. The summed E-state index contributed by atoms with van der Waals surface area (Å²) in [5.41, 5.74) is 8.11. The molecule has 2 heterocycles. The third-order valence-electron chi connectivity index (χ3n) is 4.42. The summed E-state index contributed by atoms with van der Waals surface area (Å²) in [6, 6.07) is 6.95. The zero-order valence-electron chi connectivity index (χ0n) is 11.3. The van der Waals surface area contributed by atoms with Crippen LogP contribution in [0.15, 0.2) is 22.7 Å². The first kappa shape index (κ1) is 13.4. The molecule has 0 spiro atoms. The number of halogens is 1. The van der Waals surface area contributed by atoms with Crippen molar-refractivity contribution < 1.29 is 0 Å². The first-order valence-electron chi connectivity index (χ1n) is 7.23. The predicted octanol–water partition coefficient (Wildman–Crippen LogP) is 2.70. The van der Waals surface area contributed by atoms with E-state index in [1.165, 1.54) is 51.0 Å². The Hall–Kier alpha value is -0.580. The molecule has 2 saturated heterocycles. The molecule has 104 valence electrons. The van der Waals surface area contributed by atoms with Crippen LogP contribution in [-0.4, -0.2) is 42.0 Å². The number of hydrogen-bond donors (Lipinski definition) is 1. The molecule has 1 unspecified atom stereocenters. The Bertz CT molecular complexity index is 449. The molecule has 2 fully saturated rings. The highest BCUT2D eigenvalue weighted by Crippen LogP contribution is 2.27. The van der Waals surface area contributed by atoms with Crippen molar-refractivity contribution in [1.82, 2.24) is 9.80 Å². The van der Waals surface area contributed by atoms with Crippen molar-refractivity contribution in [2.45, 2.75) is 31.8 Å². The van der Waals surface area contributed by atoms with Crippen molar-refractivity contribution in [3.05, 3.63) is 28.2 Å². The summed E-state index contributed by atoms with van der Waals surface area (Å²) in [4.78, 5) is 5.25. The number of piperazine rings is 1. The van der Waals surface area contributed by atoms with Crippen LogP contribution < -0.4 is 5.73 Å². The summed E-state index contributed by atoms with van der Waals surface area (Å²) in [5, 5.41) is 0. The van der Waals surface area contributed by atoms with Gasteiger partial charge in [-0.2, -0.15) is 0 Å². The van der Waals surface area contributed by atoms with E-state index in [0.29, 0.717) is 0 Å². The van der Waals surface area contributed by atoms with Gasteiger partial charge >= 0.3 is 0 Å². The van der Waals surface area contributed by atoms with Gasteiger partial charge in [0.05, 0.1) is 0 Å². The molecular weight excluding hydrogens is 302 g/mol. The average Bonchev–Trinajstić information content (AvgIpc) is 2.44. The summed E-state index contributed by atoms with van der Waals surface area (Å²) >= 11 is 3.61. The maximum atomic E-state index is 5.96. The highest BCUT2D eigenvalue weighted by atomic mass is 79.9. The van der Waals surface area contributed by atoms with Crippen LogP contribution in [-0.2, 0) is 6.54 Å². The molecule has 4 heteroatoms. The normalized spacial score (nSPS) is 25.2. The van der Waals surface area contributed by atoms with Gasteiger partial charge in [-0.3, -0.25) is 9.80 Å². The summed E-state index contributed by atoms with van der Waals surface area (Å²) in [6.07, 6.45) is 4.16. The Morgan fingerprint density at radius 2 is 2.11 bits per heavy atom. The van der Waals surface area contributed by atoms with E-state index < -0.39 is 0 Å². The topological polar surface area (TPSA) is 32.5 Å². The maximum absolute atomic E-state index is 5.96. The van der Waals surface area contributed by atoms with Gasteiger partial charge in [-0.1, -0.05) is 18.6 Å². The standard InChI is InChI=1S/C15H22BrN3/c16-15-12(4-3-6-14(15)17)10-18-8-9-19-7-2-1-5-13(19)11-18/h3-4,6,13H,1-2,5,7-11,17H2. The monoisotopic (exact) mass is 323 g/mol. The molecule has 2 aliphatic heterocycles. The number of nitrogen functional groups attached to an aromatic ring is 1. The molecule has 2 N–H and O–H groups in total. The lowest BCUT2D eigenvalue weighted by molar-refractivity contribution is 0.0456. The molecule has 19 heavy (non-hydrogen) atoms. The van der Waals surface area contributed by atoms with E-state index >= 15 is 0 Å². The molecule has 0 bridgehead atoms. The van der Waals surface area contributed by atoms with E-state index in [0.717, 1.165) is 22.7 Å². The minimum absolute atomic E-state index is 0.780. The van der Waals surface area contributed by atoms with Crippen LogP contribution in [0.4, 0.5) is 5.69 Å². The first-order chi connectivity index (χ1) is 9.24. The van der Waals surface area contributed by atoms with Crippen molar-refractivity contribution in [2.24, 2.45) is 0 Å². The molecule has 0 aliphatic carbocycles. The molecule has 0 saturated carbocycles. The Kier molecular flexibility index (Phi) is 4.10. The smallest absolute Gasteiger partial charge is 0.0461 e. The molecule has 1 aromatic rings. The van der Waals surface area contributed by atoms with Crippen LogP contribution in [0.1, 0.15) is 24.8 Å². The van der Waals surface area contributed by atoms with E-state index in [1.807, 2.05) is 12.1 Å². The van der Waals surface area contributed by atoms with Crippen molar-refractivity contribution >= 4 is 21.6 Å². The summed E-state index contributed by atoms with van der Waals surface area (Å²) in [6.45, 7) is 5.93. The van der Waals surface area contributed by atoms with Gasteiger partial charge in [0.15, 0.2) is 0 Å². The molecule has 2 aliphatic rings. The fourth-order valence-corrected chi connectivity index (χ4v) is 3.72. The van der Waals surface area contributed by atoms with Gasteiger partial charge in [-0.05, 0) is 46.9 Å². The molecule has 0 amide bonds. The minimum atomic E-state index is 0.780. The van der Waals surface area contributed by atoms with Crippen LogP contribution in [0, 0.1) is 0 Å². The summed E-state index contributed by atoms with van der Waals surface area (Å²) in [7, 11) is 0. The maximum Gasteiger partial charge on any atom is 0.0461 e. The summed E-state index contributed by atoms with van der Waals surface area (Å²) < 4.78 is 1.07. The molecule has 0 aromatic heterocycles. The second kappa shape index (κ2) is 5.81. The van der Waals surface area contributed by atoms with E-state index in [-0.39, 0.29) is 0 Å². The lowest BCUT2D eigenvalue weighted by Crippen LogP contribution is -2.54. The van der Waals surface area contributed by atoms with Crippen LogP contribution in [0.5, 0.6) is 0 Å². The molecule has 3 rings (SSSR count). The minimum Gasteiger partial charge on any atom is -0.398 e. The molecule has 0 radical (unpaired) electrons. The third-order valence-corrected chi connectivity index (χ3v) is 5.39. The lowest BCUT2D eigenvalue weighted by atomic mass is 9.99. The van der Waals surface area contributed by atoms with Gasteiger partial charge in [-0.15, -0.1) is 0 Å². The van der Waals surface area contributed by atoms with Crippen LogP contribution in [0.3, 0.4) is 0 Å². The Balaban J connectivity index is 1.66. The Labute approximate surface area is 123 Å². The fourth-order valence-electron chi connectivity index (χ4n) is 3.33. The SMILES string of the molecule is Nc1cccc(CN2CCN3CCCCC3C2)c1Br. The van der Waals surface area contributed by atoms with Crippen LogP contribution in [0.25, 0.3) is 0 Å². The summed E-state index contributed by atoms with van der Waals surface area (Å²) in [5.74, 6) is 0. The average molecular weight is 324 g/mol. The van der Waals surface area contributed by atoms with E-state index in [9.17, 15) is 0 Å². The predicted molar refractivity (Wildman–Crippen MR) is 83.0 cm³/mol. The number of hydrogen-bond acceptors (Lipinski definition) is 3. The van der Waals surface area contributed by atoms with Gasteiger partial charge in [0.2, 0.25) is 0 Å². The molecule has 1 aromatic carbocycles. The van der Waals surface area contributed by atoms with Gasteiger partial charge in [0, 0.05) is 42.4 Å². The van der Waals surface area contributed by atoms with Crippen molar-refractivity contribution in [3.63, 3.8) is 0 Å². The first-order valence-corrected chi connectivity index (χ1v) is 8.02. The number of benzene rings is 1. The van der Waals surface area contributed by atoms with E-state index in [4.69, 9.17) is 5.73 Å². The van der Waals surface area contributed by atoms with Gasteiger partial charge in [-0.25, -0.2) is 0 Å². The molecular formula is C15H22BrN3. The van der Waals surface area contributed by atoms with Crippen LogP contribution in [0.2, 0.25) is 0 Å². The number of nitrogens with zero attached hydrogens (tertiary/aromatic N) is 2. The van der Waals surface area contributed by atoms with Gasteiger partial charge in [0.1, 0.15) is 0 Å². The van der Waals surface area contributed by atoms with Crippen molar-refractivity contribution in [2.75, 3.05) is 31.9 Å². The van der Waals surface area contributed by atoms with Crippen molar-refractivity contribution in [3.8, 4) is 0 Å². The third kappa shape index (κ3) is 2.96. The highest BCUT2D eigenvalue weighted by Gasteiger charge is 2.28. The molecule has 1 atom stereocenters. The second-order valence-electron chi connectivity index (χ2n) is 5.74. The number of rotatable bonds is 2. The lowest BCUT2D eigenvalue weighted by Gasteiger charge is -2.44. The number of fused-ring (bicyclic) bond motifs is 1. The number of piperidine rings is 1. The number of nitrogens with two attached hydrogens (primary N) is 1. The Morgan fingerprint density at radius 3 is 3.00 bits per heavy atom. The zero-order valence-corrected chi connectivity index (χ0v) is 12.9. The fraction of sp³-hybridized carbons (Fsp3) is 0.600. The second-order valence-corrected chi connectivity index (χ2v) is 6.53. The van der Waals surface area contributed by atoms with Gasteiger partial charge < -0.3 is 5.73 Å². The van der Waals surface area contributed by atoms with E-state index in [1.54, 1.807) is 0 Å². The van der Waals surface area contributed by atoms with Crippen molar-refractivity contribution in [1.29, 1.82) is 0 Å². The largest absolute Gasteiger partial charge is 0.398 e. The quantitative estimate of drug-likeness (QED) is 0.849. The van der Waals surface area contributed by atoms with Gasteiger partial charge in [0.25, 0.3) is 0 Å².